The largest absolute Gasteiger partial charge is 0.449 e. The van der Waals surface area contributed by atoms with Crippen LogP contribution in [0.4, 0.5) is 5.69 Å². The predicted molar refractivity (Wildman–Crippen MR) is 46.2 cm³/mol. The summed E-state index contributed by atoms with van der Waals surface area (Å²) in [6.07, 6.45) is 0. The van der Waals surface area contributed by atoms with E-state index in [0.717, 1.165) is 5.75 Å². The quantitative estimate of drug-likeness (QED) is 0.596. The molecular formula is C9H11NO2. The summed E-state index contributed by atoms with van der Waals surface area (Å²) in [4.78, 5) is 0. The van der Waals surface area contributed by atoms with Crippen LogP contribution in [0.15, 0.2) is 18.2 Å². The molecule has 0 unspecified atom stereocenters. The molecule has 0 saturated heterocycles. The number of ether oxygens (including phenoxy) is 2. The van der Waals surface area contributed by atoms with E-state index in [1.165, 1.54) is 0 Å². The lowest BCUT2D eigenvalue weighted by atomic mass is 10.3. The first-order valence-corrected chi connectivity index (χ1v) is 3.85. The van der Waals surface area contributed by atoms with Gasteiger partial charge in [-0.1, -0.05) is 6.07 Å². The maximum atomic E-state index is 5.69. The lowest BCUT2D eigenvalue weighted by Gasteiger charge is -2.16. The number of para-hydroxylation sites is 1. The van der Waals surface area contributed by atoms with E-state index in [-0.39, 0.29) is 0 Å². The Bertz CT molecular complexity index is 320. The van der Waals surface area contributed by atoms with Crippen LogP contribution in [0.1, 0.15) is 13.8 Å². The summed E-state index contributed by atoms with van der Waals surface area (Å²) >= 11 is 0. The molecule has 12 heavy (non-hydrogen) atoms. The third kappa shape index (κ3) is 0.978. The van der Waals surface area contributed by atoms with Crippen LogP contribution < -0.4 is 15.2 Å². The maximum absolute atomic E-state index is 5.69. The van der Waals surface area contributed by atoms with Gasteiger partial charge in [0.2, 0.25) is 5.79 Å². The van der Waals surface area contributed by atoms with Crippen molar-refractivity contribution in [3.63, 3.8) is 0 Å². The number of nitrogen functional groups attached to an aromatic ring is 1. The van der Waals surface area contributed by atoms with E-state index in [1.54, 1.807) is 6.07 Å². The molecule has 3 nitrogen and oxygen atoms in total. The second-order valence-corrected chi connectivity index (χ2v) is 3.28. The van der Waals surface area contributed by atoms with Crippen LogP contribution in [-0.2, 0) is 0 Å². The summed E-state index contributed by atoms with van der Waals surface area (Å²) in [6, 6.07) is 5.49. The van der Waals surface area contributed by atoms with Gasteiger partial charge in [0.15, 0.2) is 11.5 Å². The van der Waals surface area contributed by atoms with Crippen molar-refractivity contribution in [1.82, 2.24) is 0 Å². The Morgan fingerprint density at radius 2 is 2.00 bits per heavy atom. The number of fused-ring (bicyclic) bond motifs is 1. The van der Waals surface area contributed by atoms with Crippen molar-refractivity contribution in [3.8, 4) is 11.5 Å². The second kappa shape index (κ2) is 2.06. The van der Waals surface area contributed by atoms with E-state index in [4.69, 9.17) is 15.2 Å². The van der Waals surface area contributed by atoms with Crippen LogP contribution in [0.2, 0.25) is 0 Å². The summed E-state index contributed by atoms with van der Waals surface area (Å²) in [6.45, 7) is 3.71. The molecule has 0 spiro atoms. The molecule has 0 amide bonds. The molecule has 2 N–H and O–H groups in total. The van der Waals surface area contributed by atoms with E-state index in [0.29, 0.717) is 11.4 Å². The Balaban J connectivity index is 2.48. The summed E-state index contributed by atoms with van der Waals surface area (Å²) in [5.74, 6) is 0.792. The second-order valence-electron chi connectivity index (χ2n) is 3.28. The highest BCUT2D eigenvalue weighted by Crippen LogP contribution is 2.42. The van der Waals surface area contributed by atoms with Crippen molar-refractivity contribution >= 4 is 5.69 Å². The summed E-state index contributed by atoms with van der Waals surface area (Å²) in [5.41, 5.74) is 6.31. The predicted octanol–water partition coefficient (Wildman–Crippen LogP) is 1.78. The van der Waals surface area contributed by atoms with Crippen LogP contribution in [0, 0.1) is 0 Å². The molecule has 2 rings (SSSR count). The molecule has 3 heteroatoms. The van der Waals surface area contributed by atoms with Gasteiger partial charge in [-0.3, -0.25) is 0 Å². The fraction of sp³-hybridized carbons (Fsp3) is 0.333. The number of hydrogen-bond donors (Lipinski definition) is 1. The Morgan fingerprint density at radius 3 is 2.67 bits per heavy atom. The zero-order valence-electron chi connectivity index (χ0n) is 7.13. The van der Waals surface area contributed by atoms with E-state index in [2.05, 4.69) is 0 Å². The zero-order chi connectivity index (χ0) is 8.77. The molecule has 1 aromatic rings. The van der Waals surface area contributed by atoms with Gasteiger partial charge >= 0.3 is 0 Å². The SMILES string of the molecule is CC1(C)Oc2cccc(N)c2O1. The molecule has 0 fully saturated rings. The third-order valence-corrected chi connectivity index (χ3v) is 1.71. The molecule has 1 aliphatic rings. The van der Waals surface area contributed by atoms with Crippen molar-refractivity contribution in [2.45, 2.75) is 19.6 Å². The van der Waals surface area contributed by atoms with Gasteiger partial charge in [0.25, 0.3) is 0 Å². The minimum Gasteiger partial charge on any atom is -0.449 e. The highest BCUT2D eigenvalue weighted by molar-refractivity contribution is 5.61. The minimum atomic E-state index is -0.586. The Morgan fingerprint density at radius 1 is 1.25 bits per heavy atom. The average Bonchev–Trinajstić information content (AvgIpc) is 2.25. The number of rotatable bonds is 0. The van der Waals surface area contributed by atoms with Gasteiger partial charge in [0.1, 0.15) is 0 Å². The highest BCUT2D eigenvalue weighted by atomic mass is 16.7. The van der Waals surface area contributed by atoms with Crippen LogP contribution in [-0.4, -0.2) is 5.79 Å². The van der Waals surface area contributed by atoms with Crippen LogP contribution in [0.3, 0.4) is 0 Å². The number of hydrogen-bond acceptors (Lipinski definition) is 3. The maximum Gasteiger partial charge on any atom is 0.246 e. The Hall–Kier alpha value is -1.38. The van der Waals surface area contributed by atoms with Gasteiger partial charge in [-0.25, -0.2) is 0 Å². The monoisotopic (exact) mass is 165 g/mol. The first-order valence-electron chi connectivity index (χ1n) is 3.85. The molecule has 0 aromatic heterocycles. The van der Waals surface area contributed by atoms with Crippen LogP contribution >= 0.6 is 0 Å². The van der Waals surface area contributed by atoms with Gasteiger partial charge in [-0.05, 0) is 12.1 Å². The molecular weight excluding hydrogens is 154 g/mol. The van der Waals surface area contributed by atoms with Crippen molar-refractivity contribution in [2.75, 3.05) is 5.73 Å². The van der Waals surface area contributed by atoms with Crippen LogP contribution in [0.5, 0.6) is 11.5 Å². The van der Waals surface area contributed by atoms with Gasteiger partial charge in [-0.15, -0.1) is 0 Å². The normalized spacial score (nSPS) is 17.8. The zero-order valence-corrected chi connectivity index (χ0v) is 7.13. The number of benzene rings is 1. The number of nitrogens with two attached hydrogens (primary N) is 1. The lowest BCUT2D eigenvalue weighted by molar-refractivity contribution is -0.0428. The molecule has 1 heterocycles. The van der Waals surface area contributed by atoms with Crippen molar-refractivity contribution in [3.05, 3.63) is 18.2 Å². The number of anilines is 1. The first-order chi connectivity index (χ1) is 5.58. The molecule has 64 valence electrons. The van der Waals surface area contributed by atoms with Gasteiger partial charge < -0.3 is 15.2 Å². The fourth-order valence-corrected chi connectivity index (χ4v) is 1.25. The van der Waals surface area contributed by atoms with Crippen molar-refractivity contribution < 1.29 is 9.47 Å². The first kappa shape index (κ1) is 7.28. The van der Waals surface area contributed by atoms with E-state index >= 15 is 0 Å². The Kier molecular flexibility index (Phi) is 1.25. The standard InChI is InChI=1S/C9H11NO2/c1-9(2)11-7-5-3-4-6(10)8(7)12-9/h3-5H,10H2,1-2H3. The van der Waals surface area contributed by atoms with Gasteiger partial charge in [0, 0.05) is 13.8 Å². The van der Waals surface area contributed by atoms with Crippen molar-refractivity contribution in [1.29, 1.82) is 0 Å². The lowest BCUT2D eigenvalue weighted by Crippen LogP contribution is -2.29. The summed E-state index contributed by atoms with van der Waals surface area (Å²) in [5, 5.41) is 0. The van der Waals surface area contributed by atoms with Gasteiger partial charge in [-0.2, -0.15) is 0 Å². The topological polar surface area (TPSA) is 44.5 Å². The van der Waals surface area contributed by atoms with Crippen LogP contribution in [0.25, 0.3) is 0 Å². The Labute approximate surface area is 71.1 Å². The van der Waals surface area contributed by atoms with E-state index in [9.17, 15) is 0 Å². The summed E-state index contributed by atoms with van der Waals surface area (Å²) in [7, 11) is 0. The smallest absolute Gasteiger partial charge is 0.246 e. The fourth-order valence-electron chi connectivity index (χ4n) is 1.25. The molecule has 0 atom stereocenters. The molecule has 0 aliphatic carbocycles. The molecule has 0 bridgehead atoms. The average molecular weight is 165 g/mol. The molecule has 0 saturated carbocycles. The van der Waals surface area contributed by atoms with E-state index < -0.39 is 5.79 Å². The van der Waals surface area contributed by atoms with Crippen molar-refractivity contribution in [2.24, 2.45) is 0 Å². The molecule has 0 radical (unpaired) electrons. The molecule has 1 aliphatic heterocycles. The third-order valence-electron chi connectivity index (χ3n) is 1.71. The van der Waals surface area contributed by atoms with E-state index in [1.807, 2.05) is 26.0 Å². The van der Waals surface area contributed by atoms with Gasteiger partial charge in [0.05, 0.1) is 5.69 Å². The minimum absolute atomic E-state index is 0.586. The molecule has 1 aromatic carbocycles. The highest BCUT2D eigenvalue weighted by Gasteiger charge is 2.32. The summed E-state index contributed by atoms with van der Waals surface area (Å²) < 4.78 is 11.0.